The normalized spacial score (nSPS) is 36.8. The number of rotatable bonds is 5. The second kappa shape index (κ2) is 9.01. The van der Waals surface area contributed by atoms with E-state index in [4.69, 9.17) is 9.47 Å². The van der Waals surface area contributed by atoms with Gasteiger partial charge in [0.25, 0.3) is 0 Å². The van der Waals surface area contributed by atoms with Crippen molar-refractivity contribution < 1.29 is 29.9 Å². The van der Waals surface area contributed by atoms with E-state index in [0.717, 1.165) is 49.9 Å². The smallest absolute Gasteiger partial charge is 0.229 e. The van der Waals surface area contributed by atoms with Crippen LogP contribution in [0.1, 0.15) is 50.7 Å². The number of nitrogens with zero attached hydrogens (tertiary/aromatic N) is 1. The third kappa shape index (κ3) is 3.94. The zero-order chi connectivity index (χ0) is 21.4. The summed E-state index contributed by atoms with van der Waals surface area (Å²) in [5, 5.41) is 41.3. The predicted molar refractivity (Wildman–Crippen MR) is 111 cm³/mol. The van der Waals surface area contributed by atoms with E-state index < -0.39 is 30.7 Å². The summed E-state index contributed by atoms with van der Waals surface area (Å²) in [7, 11) is 0. The van der Waals surface area contributed by atoms with E-state index in [1.165, 1.54) is 6.42 Å². The van der Waals surface area contributed by atoms with Crippen LogP contribution in [0, 0.1) is 5.92 Å². The Morgan fingerprint density at radius 2 is 1.90 bits per heavy atom. The Labute approximate surface area is 178 Å². The molecule has 7 nitrogen and oxygen atoms in total. The SMILES string of the molecule is CCCN1CCC[C@@H]2Cc3c(ccc(O)c3O[C@@H]3O[C@H](CC)[C@@H](O)[C@H](O)[C@H]3O)C[C@H]21. The molecule has 7 atom stereocenters. The number of phenols is 1. The fourth-order valence-electron chi connectivity index (χ4n) is 5.47. The fourth-order valence-corrected chi connectivity index (χ4v) is 5.47. The molecule has 1 aromatic carbocycles. The fraction of sp³-hybridized carbons (Fsp3) is 0.739. The highest BCUT2D eigenvalue weighted by molar-refractivity contribution is 5.52. The van der Waals surface area contributed by atoms with Crippen LogP contribution in [0.15, 0.2) is 12.1 Å². The second-order valence-corrected chi connectivity index (χ2v) is 9.01. The molecular formula is C23H35NO6. The van der Waals surface area contributed by atoms with E-state index >= 15 is 0 Å². The quantitative estimate of drug-likeness (QED) is 0.572. The molecule has 0 spiro atoms. The monoisotopic (exact) mass is 421 g/mol. The van der Waals surface area contributed by atoms with Gasteiger partial charge in [0.2, 0.25) is 6.29 Å². The lowest BCUT2D eigenvalue weighted by Gasteiger charge is -2.45. The van der Waals surface area contributed by atoms with Crippen molar-refractivity contribution in [3.05, 3.63) is 23.3 Å². The Bertz CT molecular complexity index is 739. The zero-order valence-corrected chi connectivity index (χ0v) is 17.9. The van der Waals surface area contributed by atoms with Crippen LogP contribution in [-0.2, 0) is 17.6 Å². The molecule has 4 rings (SSSR count). The number of hydrogen-bond donors (Lipinski definition) is 4. The molecule has 0 radical (unpaired) electrons. The largest absolute Gasteiger partial charge is 0.504 e. The van der Waals surface area contributed by atoms with Crippen LogP contribution in [0.5, 0.6) is 11.5 Å². The number of aliphatic hydroxyl groups is 3. The van der Waals surface area contributed by atoms with Gasteiger partial charge in [-0.15, -0.1) is 0 Å². The molecule has 2 aliphatic heterocycles. The van der Waals surface area contributed by atoms with Crippen molar-refractivity contribution in [2.45, 2.75) is 89.1 Å². The first kappa shape index (κ1) is 21.8. The van der Waals surface area contributed by atoms with Gasteiger partial charge in [0.1, 0.15) is 18.3 Å². The lowest BCUT2D eigenvalue weighted by atomic mass is 9.75. The molecule has 0 aromatic heterocycles. The maximum Gasteiger partial charge on any atom is 0.229 e. The lowest BCUT2D eigenvalue weighted by Crippen LogP contribution is -2.59. The first-order valence-electron chi connectivity index (χ1n) is 11.4. The topological polar surface area (TPSA) is 103 Å². The van der Waals surface area contributed by atoms with Crippen molar-refractivity contribution in [3.63, 3.8) is 0 Å². The van der Waals surface area contributed by atoms with Crippen molar-refractivity contribution in [2.75, 3.05) is 13.1 Å². The number of fused-ring (bicyclic) bond motifs is 2. The first-order valence-corrected chi connectivity index (χ1v) is 11.4. The van der Waals surface area contributed by atoms with Gasteiger partial charge in [-0.25, -0.2) is 0 Å². The Hall–Kier alpha value is -1.38. The van der Waals surface area contributed by atoms with Crippen LogP contribution >= 0.6 is 0 Å². The average Bonchev–Trinajstić information content (AvgIpc) is 2.75. The van der Waals surface area contributed by atoms with Gasteiger partial charge in [0.15, 0.2) is 11.5 Å². The molecule has 1 aliphatic carbocycles. The number of likely N-dealkylation sites (tertiary alicyclic amines) is 1. The molecule has 2 heterocycles. The Kier molecular flexibility index (Phi) is 6.55. The summed E-state index contributed by atoms with van der Waals surface area (Å²) < 4.78 is 11.7. The molecule has 0 amide bonds. The van der Waals surface area contributed by atoms with Gasteiger partial charge in [0.05, 0.1) is 6.10 Å². The van der Waals surface area contributed by atoms with Crippen LogP contribution < -0.4 is 4.74 Å². The maximum absolute atomic E-state index is 10.6. The van der Waals surface area contributed by atoms with Gasteiger partial charge in [0, 0.05) is 11.6 Å². The molecule has 4 N–H and O–H groups in total. The van der Waals surface area contributed by atoms with Crippen molar-refractivity contribution in [3.8, 4) is 11.5 Å². The van der Waals surface area contributed by atoms with Gasteiger partial charge in [-0.1, -0.05) is 19.9 Å². The summed E-state index contributed by atoms with van der Waals surface area (Å²) in [6, 6.07) is 4.12. The molecule has 2 saturated heterocycles. The van der Waals surface area contributed by atoms with Crippen LogP contribution in [0.25, 0.3) is 0 Å². The predicted octanol–water partition coefficient (Wildman–Crippen LogP) is 1.58. The second-order valence-electron chi connectivity index (χ2n) is 9.01. The van der Waals surface area contributed by atoms with E-state index in [-0.39, 0.29) is 5.75 Å². The van der Waals surface area contributed by atoms with E-state index in [1.807, 2.05) is 13.0 Å². The van der Waals surface area contributed by atoms with E-state index in [2.05, 4.69) is 11.8 Å². The molecule has 0 saturated carbocycles. The summed E-state index contributed by atoms with van der Waals surface area (Å²) in [5.41, 5.74) is 2.13. The minimum atomic E-state index is -1.40. The standard InChI is InChI=1S/C23H35NO6/c1-3-9-24-10-5-6-14-11-15-13(12-16(14)24)7-8-17(25)22(15)30-23-21(28)20(27)19(26)18(4-2)29-23/h7-8,14,16,18-21,23,25-28H,3-6,9-12H2,1-2H3/t14-,16-,18-,19-,20+,21-,23+/m1/s1. The summed E-state index contributed by atoms with van der Waals surface area (Å²) in [6.45, 7) is 6.31. The molecular weight excluding hydrogens is 386 g/mol. The van der Waals surface area contributed by atoms with Gasteiger partial charge in [-0.2, -0.15) is 0 Å². The number of aliphatic hydroxyl groups excluding tert-OH is 3. The van der Waals surface area contributed by atoms with E-state index in [9.17, 15) is 20.4 Å². The van der Waals surface area contributed by atoms with Gasteiger partial charge in [-0.05, 0) is 69.2 Å². The Morgan fingerprint density at radius 1 is 1.10 bits per heavy atom. The van der Waals surface area contributed by atoms with Crippen LogP contribution in [0.3, 0.4) is 0 Å². The van der Waals surface area contributed by atoms with E-state index in [1.54, 1.807) is 6.07 Å². The molecule has 30 heavy (non-hydrogen) atoms. The highest BCUT2D eigenvalue weighted by Gasteiger charge is 2.45. The summed E-state index contributed by atoms with van der Waals surface area (Å²) in [4.78, 5) is 2.60. The number of ether oxygens (including phenoxy) is 2. The van der Waals surface area contributed by atoms with Crippen molar-refractivity contribution in [2.24, 2.45) is 5.92 Å². The Morgan fingerprint density at radius 3 is 2.63 bits per heavy atom. The van der Waals surface area contributed by atoms with Crippen LogP contribution in [-0.4, -0.2) is 75.2 Å². The lowest BCUT2D eigenvalue weighted by molar-refractivity contribution is -0.272. The van der Waals surface area contributed by atoms with Crippen LogP contribution in [0.4, 0.5) is 0 Å². The molecule has 1 aromatic rings. The van der Waals surface area contributed by atoms with Gasteiger partial charge in [-0.3, -0.25) is 4.90 Å². The minimum absolute atomic E-state index is 0.0119. The van der Waals surface area contributed by atoms with Crippen molar-refractivity contribution in [1.29, 1.82) is 0 Å². The van der Waals surface area contributed by atoms with E-state index in [0.29, 0.717) is 24.1 Å². The van der Waals surface area contributed by atoms with Gasteiger partial charge < -0.3 is 29.9 Å². The number of benzene rings is 1. The molecule has 3 aliphatic rings. The molecule has 0 bridgehead atoms. The molecule has 0 unspecified atom stereocenters. The average molecular weight is 422 g/mol. The highest BCUT2D eigenvalue weighted by Crippen LogP contribution is 2.43. The zero-order valence-electron chi connectivity index (χ0n) is 17.9. The molecule has 168 valence electrons. The first-order chi connectivity index (χ1) is 14.4. The summed E-state index contributed by atoms with van der Waals surface area (Å²) in [5.74, 6) is 0.855. The minimum Gasteiger partial charge on any atom is -0.504 e. The van der Waals surface area contributed by atoms with Crippen molar-refractivity contribution in [1.82, 2.24) is 4.90 Å². The summed E-state index contributed by atoms with van der Waals surface area (Å²) >= 11 is 0. The molecule has 7 heteroatoms. The Balaban J connectivity index is 1.60. The third-order valence-corrected chi connectivity index (χ3v) is 7.08. The summed E-state index contributed by atoms with van der Waals surface area (Å²) in [6.07, 6.45) is -0.0287. The number of piperidine rings is 1. The van der Waals surface area contributed by atoms with Crippen molar-refractivity contribution >= 4 is 0 Å². The molecule has 2 fully saturated rings. The number of hydrogen-bond acceptors (Lipinski definition) is 7. The number of phenolic OH excluding ortho intramolecular Hbond substituents is 1. The van der Waals surface area contributed by atoms with Gasteiger partial charge >= 0.3 is 0 Å². The third-order valence-electron chi connectivity index (χ3n) is 7.08. The van der Waals surface area contributed by atoms with Crippen LogP contribution in [0.2, 0.25) is 0 Å². The highest BCUT2D eigenvalue weighted by atomic mass is 16.7. The number of aromatic hydroxyl groups is 1. The maximum atomic E-state index is 10.6.